The number of hydrogen-bond donors (Lipinski definition) is 1. The number of nitrogens with zero attached hydrogens (tertiary/aromatic N) is 3. The van der Waals surface area contributed by atoms with Crippen molar-refractivity contribution in [1.82, 2.24) is 14.6 Å². The van der Waals surface area contributed by atoms with Crippen LogP contribution in [-0.4, -0.2) is 59.4 Å². The molecule has 0 fully saturated rings. The Bertz CT molecular complexity index is 2160. The number of esters is 1. The number of nitrogens with one attached hydrogen (secondary N) is 1. The van der Waals surface area contributed by atoms with Crippen molar-refractivity contribution >= 4 is 38.9 Å². The van der Waals surface area contributed by atoms with Crippen molar-refractivity contribution in [2.45, 2.75) is 56.2 Å². The zero-order valence-electron chi connectivity index (χ0n) is 28.0. The Morgan fingerprint density at radius 1 is 0.922 bits per heavy atom. The van der Waals surface area contributed by atoms with Crippen molar-refractivity contribution in [3.05, 3.63) is 102 Å². The normalized spacial score (nSPS) is 12.8. The molecule has 15 heteroatoms. The van der Waals surface area contributed by atoms with Gasteiger partial charge in [-0.2, -0.15) is 18.2 Å². The quantitative estimate of drug-likeness (QED) is 0.104. The number of Topliss-reactive ketones (excluding diaryl/α,β-unsaturated/α-hetero) is 1. The standard InChI is InChI=1S/C36H34F4N4O6S/c1-35(2,3)50-33(46)19-28(24-9-12-26(37)13-10-24)30(45)17-22-5-7-23(8-6-22)25-11-16-32-42-34(43-44(32)20-25)41-29-15-14-27(51(4,47)48)18-31(29)49-21-36(38,39)40/h5-16,18,20,28H,17,19,21H2,1-4H3,(H,41,43)/t28-/m1/s1. The first-order valence-electron chi connectivity index (χ1n) is 15.6. The van der Waals surface area contributed by atoms with Gasteiger partial charge in [0.15, 0.2) is 22.1 Å². The van der Waals surface area contributed by atoms with Crippen molar-refractivity contribution < 1.29 is 45.0 Å². The lowest BCUT2D eigenvalue weighted by Crippen LogP contribution is -2.27. The lowest BCUT2D eigenvalue weighted by molar-refractivity contribution is -0.156. The van der Waals surface area contributed by atoms with Crippen LogP contribution in [0.2, 0.25) is 0 Å². The first-order valence-corrected chi connectivity index (χ1v) is 17.5. The molecule has 0 amide bonds. The number of alkyl halides is 3. The number of anilines is 2. The van der Waals surface area contributed by atoms with Gasteiger partial charge >= 0.3 is 12.1 Å². The molecular formula is C36H34F4N4O6S. The molecule has 268 valence electrons. The van der Waals surface area contributed by atoms with Gasteiger partial charge in [0.05, 0.1) is 22.9 Å². The van der Waals surface area contributed by atoms with E-state index in [0.29, 0.717) is 16.8 Å². The molecule has 1 N–H and O–H groups in total. The van der Waals surface area contributed by atoms with E-state index in [-0.39, 0.29) is 40.9 Å². The third-order valence-electron chi connectivity index (χ3n) is 7.47. The fraction of sp³-hybridized carbons (Fsp3) is 0.278. The second kappa shape index (κ2) is 14.5. The summed E-state index contributed by atoms with van der Waals surface area (Å²) in [5.74, 6) is -2.39. The predicted octanol–water partition coefficient (Wildman–Crippen LogP) is 7.25. The minimum atomic E-state index is -4.65. The van der Waals surface area contributed by atoms with Gasteiger partial charge in [-0.3, -0.25) is 9.59 Å². The van der Waals surface area contributed by atoms with Gasteiger partial charge in [0, 0.05) is 30.5 Å². The number of hydrogen-bond acceptors (Lipinski definition) is 9. The number of rotatable bonds is 12. The summed E-state index contributed by atoms with van der Waals surface area (Å²) in [5.41, 5.74) is 2.42. The highest BCUT2D eigenvalue weighted by Gasteiger charge is 2.30. The predicted molar refractivity (Wildman–Crippen MR) is 181 cm³/mol. The Kier molecular flexibility index (Phi) is 10.5. The highest BCUT2D eigenvalue weighted by Crippen LogP contribution is 2.32. The minimum Gasteiger partial charge on any atom is -0.482 e. The van der Waals surface area contributed by atoms with Crippen molar-refractivity contribution in [3.8, 4) is 16.9 Å². The van der Waals surface area contributed by atoms with E-state index in [1.54, 1.807) is 51.2 Å². The molecule has 0 aliphatic carbocycles. The van der Waals surface area contributed by atoms with E-state index in [0.717, 1.165) is 23.4 Å². The van der Waals surface area contributed by atoms with E-state index in [2.05, 4.69) is 15.4 Å². The van der Waals surface area contributed by atoms with Crippen LogP contribution in [0.5, 0.6) is 5.75 Å². The van der Waals surface area contributed by atoms with Gasteiger partial charge in [0.1, 0.15) is 23.0 Å². The van der Waals surface area contributed by atoms with Crippen LogP contribution in [0.15, 0.2) is 90.0 Å². The molecule has 10 nitrogen and oxygen atoms in total. The molecule has 0 unspecified atom stereocenters. The van der Waals surface area contributed by atoms with Gasteiger partial charge in [0.25, 0.3) is 0 Å². The molecule has 3 aromatic carbocycles. The van der Waals surface area contributed by atoms with Crippen LogP contribution in [0.3, 0.4) is 0 Å². The number of aromatic nitrogens is 3. The molecule has 5 aromatic rings. The number of fused-ring (bicyclic) bond motifs is 1. The van der Waals surface area contributed by atoms with Gasteiger partial charge in [-0.05, 0) is 73.9 Å². The van der Waals surface area contributed by atoms with Crippen LogP contribution < -0.4 is 10.1 Å². The molecule has 1 atom stereocenters. The highest BCUT2D eigenvalue weighted by atomic mass is 32.2. The molecule has 0 saturated heterocycles. The Hall–Kier alpha value is -5.31. The average Bonchev–Trinajstić information content (AvgIpc) is 3.44. The maximum absolute atomic E-state index is 13.6. The number of ketones is 1. The molecule has 2 aromatic heterocycles. The Morgan fingerprint density at radius 2 is 1.59 bits per heavy atom. The van der Waals surface area contributed by atoms with E-state index < -0.39 is 45.9 Å². The summed E-state index contributed by atoms with van der Waals surface area (Å²) in [6, 6.07) is 19.6. The number of sulfone groups is 1. The largest absolute Gasteiger partial charge is 0.482 e. The second-order valence-corrected chi connectivity index (χ2v) is 14.9. The minimum absolute atomic E-state index is 0.0160. The van der Waals surface area contributed by atoms with Crippen molar-refractivity contribution in [1.29, 1.82) is 0 Å². The third-order valence-corrected chi connectivity index (χ3v) is 8.58. The van der Waals surface area contributed by atoms with Crippen LogP contribution in [0.25, 0.3) is 16.8 Å². The van der Waals surface area contributed by atoms with Gasteiger partial charge in [0.2, 0.25) is 5.95 Å². The molecular weight excluding hydrogens is 692 g/mol. The first-order chi connectivity index (χ1) is 23.8. The Labute approximate surface area is 291 Å². The molecule has 0 spiro atoms. The summed E-state index contributed by atoms with van der Waals surface area (Å²) in [7, 11) is -3.73. The molecule has 0 aliphatic rings. The average molecular weight is 727 g/mol. The summed E-state index contributed by atoms with van der Waals surface area (Å²) >= 11 is 0. The molecule has 51 heavy (non-hydrogen) atoms. The number of benzene rings is 3. The van der Waals surface area contributed by atoms with Gasteiger partial charge in [-0.25, -0.2) is 17.3 Å². The van der Waals surface area contributed by atoms with Crippen molar-refractivity contribution in [2.24, 2.45) is 0 Å². The first kappa shape index (κ1) is 37.0. The maximum Gasteiger partial charge on any atom is 0.422 e. The Balaban J connectivity index is 1.32. The molecule has 0 aliphatic heterocycles. The number of carbonyl (C=O) groups is 2. The van der Waals surface area contributed by atoms with Gasteiger partial charge < -0.3 is 14.8 Å². The smallest absolute Gasteiger partial charge is 0.422 e. The molecule has 5 rings (SSSR count). The summed E-state index contributed by atoms with van der Waals surface area (Å²) in [4.78, 5) is 30.3. The summed E-state index contributed by atoms with van der Waals surface area (Å²) in [6.45, 7) is 3.57. The zero-order valence-corrected chi connectivity index (χ0v) is 28.8. The number of carbonyl (C=O) groups excluding carboxylic acids is 2. The van der Waals surface area contributed by atoms with Crippen LogP contribution in [0.4, 0.5) is 29.2 Å². The third kappa shape index (κ3) is 10.1. The molecule has 0 saturated carbocycles. The van der Waals surface area contributed by atoms with E-state index in [4.69, 9.17) is 9.47 Å². The Morgan fingerprint density at radius 3 is 2.22 bits per heavy atom. The van der Waals surface area contributed by atoms with Crippen LogP contribution in [0.1, 0.15) is 44.2 Å². The van der Waals surface area contributed by atoms with E-state index in [1.807, 2.05) is 12.1 Å². The highest BCUT2D eigenvalue weighted by molar-refractivity contribution is 7.90. The summed E-state index contributed by atoms with van der Waals surface area (Å²) in [6.07, 6.45) is -2.21. The molecule has 0 bridgehead atoms. The van der Waals surface area contributed by atoms with E-state index in [1.165, 1.54) is 40.9 Å². The molecule has 0 radical (unpaired) electrons. The van der Waals surface area contributed by atoms with E-state index >= 15 is 0 Å². The fourth-order valence-electron chi connectivity index (χ4n) is 5.14. The lowest BCUT2D eigenvalue weighted by atomic mass is 9.88. The van der Waals surface area contributed by atoms with Crippen molar-refractivity contribution in [2.75, 3.05) is 18.2 Å². The van der Waals surface area contributed by atoms with Crippen LogP contribution >= 0.6 is 0 Å². The summed E-state index contributed by atoms with van der Waals surface area (Å²) < 4.78 is 88.0. The summed E-state index contributed by atoms with van der Waals surface area (Å²) in [5, 5.41) is 7.16. The van der Waals surface area contributed by atoms with E-state index in [9.17, 15) is 35.6 Å². The SMILES string of the molecule is CC(C)(C)OC(=O)C[C@@H](C(=O)Cc1ccc(-c2ccc3nc(Nc4ccc(S(C)(=O)=O)cc4OCC(F)(F)F)nn3c2)cc1)c1ccc(F)cc1. The van der Waals surface area contributed by atoms with Gasteiger partial charge in [-0.1, -0.05) is 36.4 Å². The van der Waals surface area contributed by atoms with Gasteiger partial charge in [-0.15, -0.1) is 5.10 Å². The number of halogens is 4. The fourth-order valence-corrected chi connectivity index (χ4v) is 5.78. The lowest BCUT2D eigenvalue weighted by Gasteiger charge is -2.22. The number of ether oxygens (including phenoxy) is 2. The van der Waals surface area contributed by atoms with Crippen molar-refractivity contribution in [3.63, 3.8) is 0 Å². The maximum atomic E-state index is 13.6. The topological polar surface area (TPSA) is 129 Å². The number of pyridine rings is 1. The zero-order chi connectivity index (χ0) is 37.1. The molecule has 2 heterocycles. The monoisotopic (exact) mass is 726 g/mol. The second-order valence-electron chi connectivity index (χ2n) is 12.8. The van der Waals surface area contributed by atoms with Crippen LogP contribution in [-0.2, 0) is 30.6 Å². The van der Waals surface area contributed by atoms with Crippen LogP contribution in [0, 0.1) is 5.82 Å².